The highest BCUT2D eigenvalue weighted by molar-refractivity contribution is 7.13. The molecule has 5 nitrogen and oxygen atoms in total. The quantitative estimate of drug-likeness (QED) is 0.506. The van der Waals surface area contributed by atoms with E-state index < -0.39 is 0 Å². The molecule has 0 saturated carbocycles. The predicted molar refractivity (Wildman–Crippen MR) is 106 cm³/mol. The van der Waals surface area contributed by atoms with Crippen LogP contribution in [0.2, 0.25) is 0 Å². The van der Waals surface area contributed by atoms with Crippen LogP contribution in [-0.4, -0.2) is 9.97 Å². The van der Waals surface area contributed by atoms with Gasteiger partial charge in [-0.2, -0.15) is 5.26 Å². The molecule has 0 bridgehead atoms. The van der Waals surface area contributed by atoms with Crippen molar-refractivity contribution in [1.29, 1.82) is 5.26 Å². The lowest BCUT2D eigenvalue weighted by molar-refractivity contribution is 0.833. The van der Waals surface area contributed by atoms with E-state index in [9.17, 15) is 5.26 Å². The van der Waals surface area contributed by atoms with E-state index in [0.717, 1.165) is 51.5 Å². The van der Waals surface area contributed by atoms with E-state index >= 15 is 0 Å². The Hall–Kier alpha value is -2.75. The Morgan fingerprint density at radius 3 is 2.62 bits per heavy atom. The van der Waals surface area contributed by atoms with E-state index in [1.54, 1.807) is 11.3 Å². The summed E-state index contributed by atoms with van der Waals surface area (Å²) in [5.41, 5.74) is 7.74. The first-order valence-electron chi connectivity index (χ1n) is 8.56. The van der Waals surface area contributed by atoms with Crippen molar-refractivity contribution < 1.29 is 0 Å². The van der Waals surface area contributed by atoms with Gasteiger partial charge in [0, 0.05) is 17.7 Å². The van der Waals surface area contributed by atoms with Crippen molar-refractivity contribution in [2.24, 2.45) is 5.84 Å². The summed E-state index contributed by atoms with van der Waals surface area (Å²) in [6.45, 7) is 4.02. The predicted octanol–water partition coefficient (Wildman–Crippen LogP) is 4.21. The van der Waals surface area contributed by atoms with Gasteiger partial charge in [-0.1, -0.05) is 37.6 Å². The molecule has 0 radical (unpaired) electrons. The molecule has 3 N–H and O–H groups in total. The van der Waals surface area contributed by atoms with Crippen LogP contribution in [0.4, 0.5) is 5.82 Å². The third-order valence-corrected chi connectivity index (χ3v) is 5.17. The molecule has 3 rings (SSSR count). The number of hydrazine groups is 1. The Morgan fingerprint density at radius 1 is 1.19 bits per heavy atom. The summed E-state index contributed by atoms with van der Waals surface area (Å²) in [5, 5.41) is 11.1. The van der Waals surface area contributed by atoms with Gasteiger partial charge < -0.3 is 5.43 Å². The number of thiophene rings is 1. The van der Waals surface area contributed by atoms with E-state index in [-0.39, 0.29) is 0 Å². The topological polar surface area (TPSA) is 87.6 Å². The van der Waals surface area contributed by atoms with Crippen molar-refractivity contribution in [3.8, 4) is 16.5 Å². The maximum absolute atomic E-state index is 9.20. The lowest BCUT2D eigenvalue weighted by Gasteiger charge is -2.14. The first kappa shape index (κ1) is 18.1. The first-order valence-corrected chi connectivity index (χ1v) is 9.44. The highest BCUT2D eigenvalue weighted by atomic mass is 32.1. The van der Waals surface area contributed by atoms with Crippen molar-refractivity contribution in [2.75, 3.05) is 5.43 Å². The van der Waals surface area contributed by atoms with Crippen LogP contribution in [0.5, 0.6) is 0 Å². The second-order valence-corrected chi connectivity index (χ2v) is 7.00. The molecule has 0 amide bonds. The zero-order chi connectivity index (χ0) is 18.5. The molecule has 0 atom stereocenters. The summed E-state index contributed by atoms with van der Waals surface area (Å²) in [7, 11) is 0. The number of nitrogen functional groups attached to an aromatic ring is 1. The minimum atomic E-state index is 0.690. The van der Waals surface area contributed by atoms with E-state index in [2.05, 4.69) is 52.7 Å². The number of rotatable bonds is 6. The molecular formula is C20H21N5S. The van der Waals surface area contributed by atoms with Gasteiger partial charge in [-0.3, -0.25) is 0 Å². The largest absolute Gasteiger partial charge is 0.308 e. The van der Waals surface area contributed by atoms with Crippen LogP contribution in [0.1, 0.15) is 41.6 Å². The molecule has 0 aliphatic carbocycles. The monoisotopic (exact) mass is 363 g/mol. The highest BCUT2D eigenvalue weighted by Crippen LogP contribution is 2.30. The molecule has 26 heavy (non-hydrogen) atoms. The van der Waals surface area contributed by atoms with E-state index in [4.69, 9.17) is 5.84 Å². The molecule has 0 unspecified atom stereocenters. The number of anilines is 1. The molecule has 0 aliphatic heterocycles. The Labute approximate surface area is 157 Å². The van der Waals surface area contributed by atoms with Gasteiger partial charge in [0.2, 0.25) is 0 Å². The Kier molecular flexibility index (Phi) is 5.61. The van der Waals surface area contributed by atoms with Gasteiger partial charge in [-0.15, -0.1) is 11.3 Å². The fourth-order valence-electron chi connectivity index (χ4n) is 3.00. The number of aryl methyl sites for hydroxylation is 2. The lowest BCUT2D eigenvalue weighted by Crippen LogP contribution is -2.15. The molecule has 132 valence electrons. The normalized spacial score (nSPS) is 10.5. The molecule has 1 aromatic carbocycles. The number of nitrogens with one attached hydrogen (secondary N) is 1. The van der Waals surface area contributed by atoms with Gasteiger partial charge >= 0.3 is 0 Å². The summed E-state index contributed by atoms with van der Waals surface area (Å²) in [5.74, 6) is 7.10. The fraction of sp³-hybridized carbons (Fsp3) is 0.250. The standard InChI is InChI=1S/C20H21N5S/c1-3-4-18-17(20(25-22)24-13(2)23-18)11-14-5-7-15(8-6-14)19-16(12-21)9-10-26-19/h5-10H,3-4,11,22H2,1-2H3,(H,23,24,25). The third kappa shape index (κ3) is 3.74. The molecule has 0 spiro atoms. The molecule has 3 aromatic rings. The van der Waals surface area contributed by atoms with Gasteiger partial charge in [-0.05, 0) is 35.9 Å². The van der Waals surface area contributed by atoms with E-state index in [1.165, 1.54) is 0 Å². The lowest BCUT2D eigenvalue weighted by atomic mass is 10.00. The van der Waals surface area contributed by atoms with Crippen molar-refractivity contribution >= 4 is 17.2 Å². The van der Waals surface area contributed by atoms with Gasteiger partial charge in [0.05, 0.1) is 10.4 Å². The minimum Gasteiger partial charge on any atom is -0.308 e. The number of nitrogens with zero attached hydrogens (tertiary/aromatic N) is 3. The second-order valence-electron chi connectivity index (χ2n) is 6.09. The van der Waals surface area contributed by atoms with Gasteiger partial charge in [0.25, 0.3) is 0 Å². The van der Waals surface area contributed by atoms with E-state index in [0.29, 0.717) is 12.2 Å². The fourth-order valence-corrected chi connectivity index (χ4v) is 3.85. The molecule has 2 heterocycles. The number of aromatic nitrogens is 2. The van der Waals surface area contributed by atoms with Crippen LogP contribution in [0.25, 0.3) is 10.4 Å². The second kappa shape index (κ2) is 8.09. The van der Waals surface area contributed by atoms with Crippen molar-refractivity contribution in [3.05, 3.63) is 63.9 Å². The highest BCUT2D eigenvalue weighted by Gasteiger charge is 2.13. The van der Waals surface area contributed by atoms with Crippen molar-refractivity contribution in [1.82, 2.24) is 9.97 Å². The molecule has 6 heteroatoms. The average molecular weight is 363 g/mol. The number of nitrogens with two attached hydrogens (primary N) is 1. The Morgan fingerprint density at radius 2 is 1.96 bits per heavy atom. The van der Waals surface area contributed by atoms with Crippen molar-refractivity contribution in [3.63, 3.8) is 0 Å². The summed E-state index contributed by atoms with van der Waals surface area (Å²) in [6, 6.07) is 12.4. The third-order valence-electron chi connectivity index (χ3n) is 4.21. The van der Waals surface area contributed by atoms with Crippen LogP contribution < -0.4 is 11.3 Å². The maximum Gasteiger partial charge on any atom is 0.147 e. The molecule has 0 fully saturated rings. The summed E-state index contributed by atoms with van der Waals surface area (Å²) >= 11 is 1.58. The van der Waals surface area contributed by atoms with Crippen LogP contribution >= 0.6 is 11.3 Å². The maximum atomic E-state index is 9.20. The zero-order valence-electron chi connectivity index (χ0n) is 14.9. The van der Waals surface area contributed by atoms with Crippen LogP contribution in [0, 0.1) is 18.3 Å². The summed E-state index contributed by atoms with van der Waals surface area (Å²) in [6.07, 6.45) is 2.62. The van der Waals surface area contributed by atoms with Crippen molar-refractivity contribution in [2.45, 2.75) is 33.1 Å². The molecular weight excluding hydrogens is 342 g/mol. The SMILES string of the molecule is CCCc1nc(C)nc(NN)c1Cc1ccc(-c2sccc2C#N)cc1. The number of hydrogen-bond donors (Lipinski definition) is 2. The average Bonchev–Trinajstić information content (AvgIpc) is 3.13. The van der Waals surface area contributed by atoms with Crippen LogP contribution in [0.15, 0.2) is 35.7 Å². The Bertz CT molecular complexity index is 938. The molecule has 2 aromatic heterocycles. The number of hydrogen-bond acceptors (Lipinski definition) is 6. The molecule has 0 saturated heterocycles. The van der Waals surface area contributed by atoms with Crippen LogP contribution in [0.3, 0.4) is 0 Å². The summed E-state index contributed by atoms with van der Waals surface area (Å²) in [4.78, 5) is 10.0. The van der Waals surface area contributed by atoms with E-state index in [1.807, 2.05) is 18.4 Å². The first-order chi connectivity index (χ1) is 12.7. The summed E-state index contributed by atoms with van der Waals surface area (Å²) < 4.78 is 0. The van der Waals surface area contributed by atoms with Crippen LogP contribution in [-0.2, 0) is 12.8 Å². The minimum absolute atomic E-state index is 0.690. The van der Waals surface area contributed by atoms with Gasteiger partial charge in [0.15, 0.2) is 0 Å². The molecule has 0 aliphatic rings. The zero-order valence-corrected chi connectivity index (χ0v) is 15.7. The van der Waals surface area contributed by atoms with Gasteiger partial charge in [-0.25, -0.2) is 15.8 Å². The number of nitriles is 1. The van der Waals surface area contributed by atoms with Gasteiger partial charge in [0.1, 0.15) is 17.7 Å². The Balaban J connectivity index is 1.91. The smallest absolute Gasteiger partial charge is 0.147 e. The number of benzene rings is 1.